The third-order valence-corrected chi connectivity index (χ3v) is 4.69. The first kappa shape index (κ1) is 12.2. The summed E-state index contributed by atoms with van der Waals surface area (Å²) < 4.78 is 12.2. The molecule has 1 saturated carbocycles. The Kier molecular flexibility index (Phi) is 2.62. The lowest BCUT2D eigenvalue weighted by molar-refractivity contribution is 0.00578. The zero-order valence-corrected chi connectivity index (χ0v) is 11.6. The molecule has 0 amide bonds. The normalized spacial score (nSPS) is 32.6. The number of hydrogen-bond donors (Lipinski definition) is 0. The van der Waals surface area contributed by atoms with E-state index in [9.17, 15) is 0 Å². The second-order valence-corrected chi connectivity index (χ2v) is 6.54. The highest BCUT2D eigenvalue weighted by atomic mass is 16.7. The van der Waals surface area contributed by atoms with Crippen LogP contribution in [0.2, 0.25) is 5.82 Å². The van der Waals surface area contributed by atoms with Gasteiger partial charge in [0.1, 0.15) is 0 Å². The molecule has 1 aromatic rings. The Morgan fingerprint density at radius 3 is 2.11 bits per heavy atom. The lowest BCUT2D eigenvalue weighted by Gasteiger charge is -2.32. The van der Waals surface area contributed by atoms with Crippen LogP contribution in [0.25, 0.3) is 0 Å². The quantitative estimate of drug-likeness (QED) is 0.739. The molecule has 3 heteroatoms. The van der Waals surface area contributed by atoms with Crippen molar-refractivity contribution in [1.82, 2.24) is 0 Å². The standard InChI is InChI=1S/C15H21BO2/c1-14(2)15(3,4)18-16(17-14)13-10-12(13)11-8-6-5-7-9-11/h5-9,12-13H,10H2,1-4H3/t12-,13+/m0/s1. The molecule has 2 aliphatic rings. The van der Waals surface area contributed by atoms with Crippen molar-refractivity contribution in [3.63, 3.8) is 0 Å². The molecule has 1 aromatic carbocycles. The van der Waals surface area contributed by atoms with Crippen LogP contribution < -0.4 is 0 Å². The lowest BCUT2D eigenvalue weighted by atomic mass is 9.79. The van der Waals surface area contributed by atoms with Crippen molar-refractivity contribution in [2.24, 2.45) is 0 Å². The molecule has 1 heterocycles. The minimum absolute atomic E-state index is 0.0415. The van der Waals surface area contributed by atoms with Gasteiger partial charge in [-0.3, -0.25) is 0 Å². The molecule has 0 bridgehead atoms. The van der Waals surface area contributed by atoms with Crippen molar-refractivity contribution in [2.45, 2.75) is 57.1 Å². The maximum atomic E-state index is 6.12. The van der Waals surface area contributed by atoms with Crippen LogP contribution in [0, 0.1) is 0 Å². The van der Waals surface area contributed by atoms with E-state index in [-0.39, 0.29) is 18.3 Å². The third kappa shape index (κ3) is 1.90. The summed E-state index contributed by atoms with van der Waals surface area (Å²) in [6, 6.07) is 10.7. The van der Waals surface area contributed by atoms with Gasteiger partial charge in [-0.15, -0.1) is 0 Å². The van der Waals surface area contributed by atoms with Crippen LogP contribution in [0.1, 0.15) is 45.6 Å². The van der Waals surface area contributed by atoms with E-state index in [1.807, 2.05) is 0 Å². The Bertz CT molecular complexity index is 425. The van der Waals surface area contributed by atoms with Crippen LogP contribution >= 0.6 is 0 Å². The smallest absolute Gasteiger partial charge is 0.403 e. The molecule has 96 valence electrons. The molecule has 1 aliphatic carbocycles. The molecular formula is C15H21BO2. The molecule has 2 atom stereocenters. The van der Waals surface area contributed by atoms with Gasteiger partial charge >= 0.3 is 7.12 Å². The zero-order chi connectivity index (χ0) is 13.0. The summed E-state index contributed by atoms with van der Waals surface area (Å²) in [5.41, 5.74) is 1.00. The Balaban J connectivity index is 1.70. The minimum atomic E-state index is -0.207. The summed E-state index contributed by atoms with van der Waals surface area (Å²) >= 11 is 0. The van der Waals surface area contributed by atoms with Gasteiger partial charge in [0.15, 0.2) is 0 Å². The molecule has 0 spiro atoms. The van der Waals surface area contributed by atoms with E-state index >= 15 is 0 Å². The van der Waals surface area contributed by atoms with Gasteiger partial charge in [0, 0.05) is 5.82 Å². The average molecular weight is 244 g/mol. The molecule has 0 unspecified atom stereocenters. The van der Waals surface area contributed by atoms with Gasteiger partial charge in [0.25, 0.3) is 0 Å². The summed E-state index contributed by atoms with van der Waals surface area (Å²) in [5.74, 6) is 1.13. The van der Waals surface area contributed by atoms with E-state index in [4.69, 9.17) is 9.31 Å². The monoisotopic (exact) mass is 244 g/mol. The van der Waals surface area contributed by atoms with Gasteiger partial charge in [-0.25, -0.2) is 0 Å². The lowest BCUT2D eigenvalue weighted by Crippen LogP contribution is -2.41. The summed E-state index contributed by atoms with van der Waals surface area (Å²) in [7, 11) is -0.0415. The van der Waals surface area contributed by atoms with Crippen LogP contribution in [-0.2, 0) is 9.31 Å². The van der Waals surface area contributed by atoms with Crippen LogP contribution in [0.15, 0.2) is 30.3 Å². The second kappa shape index (κ2) is 3.85. The second-order valence-electron chi connectivity index (χ2n) is 6.54. The highest BCUT2D eigenvalue weighted by Gasteiger charge is 2.59. The van der Waals surface area contributed by atoms with Gasteiger partial charge in [0.2, 0.25) is 0 Å². The number of benzene rings is 1. The molecular weight excluding hydrogens is 223 g/mol. The molecule has 2 fully saturated rings. The van der Waals surface area contributed by atoms with Gasteiger partial charge in [-0.2, -0.15) is 0 Å². The Morgan fingerprint density at radius 1 is 1.00 bits per heavy atom. The van der Waals surface area contributed by atoms with E-state index in [2.05, 4.69) is 58.0 Å². The summed E-state index contributed by atoms with van der Waals surface area (Å²) in [5, 5.41) is 0. The molecule has 0 N–H and O–H groups in total. The van der Waals surface area contributed by atoms with Gasteiger partial charge < -0.3 is 9.31 Å². The molecule has 0 aromatic heterocycles. The Hall–Kier alpha value is -0.795. The van der Waals surface area contributed by atoms with Crippen LogP contribution in [0.5, 0.6) is 0 Å². The molecule has 2 nitrogen and oxygen atoms in total. The van der Waals surface area contributed by atoms with Crippen LogP contribution in [-0.4, -0.2) is 18.3 Å². The van der Waals surface area contributed by atoms with Crippen molar-refractivity contribution in [3.05, 3.63) is 35.9 Å². The summed E-state index contributed by atoms with van der Waals surface area (Å²) in [4.78, 5) is 0. The topological polar surface area (TPSA) is 18.5 Å². The van der Waals surface area contributed by atoms with Crippen molar-refractivity contribution < 1.29 is 9.31 Å². The van der Waals surface area contributed by atoms with E-state index in [1.165, 1.54) is 12.0 Å². The van der Waals surface area contributed by atoms with E-state index in [0.717, 1.165) is 0 Å². The maximum absolute atomic E-state index is 6.12. The van der Waals surface area contributed by atoms with Crippen molar-refractivity contribution in [3.8, 4) is 0 Å². The molecule has 0 radical (unpaired) electrons. The fourth-order valence-electron chi connectivity index (χ4n) is 2.66. The van der Waals surface area contributed by atoms with Gasteiger partial charge in [0.05, 0.1) is 11.2 Å². The van der Waals surface area contributed by atoms with E-state index < -0.39 is 0 Å². The highest BCUT2D eigenvalue weighted by Crippen LogP contribution is 2.58. The van der Waals surface area contributed by atoms with Gasteiger partial charge in [-0.05, 0) is 45.6 Å². The summed E-state index contributed by atoms with van der Waals surface area (Å²) in [6.45, 7) is 8.47. The zero-order valence-electron chi connectivity index (χ0n) is 11.6. The van der Waals surface area contributed by atoms with Crippen LogP contribution in [0.4, 0.5) is 0 Å². The van der Waals surface area contributed by atoms with Crippen molar-refractivity contribution in [1.29, 1.82) is 0 Å². The summed E-state index contributed by atoms with van der Waals surface area (Å²) in [6.07, 6.45) is 1.18. The Labute approximate surface area is 110 Å². The first-order valence-electron chi connectivity index (χ1n) is 6.81. The van der Waals surface area contributed by atoms with Gasteiger partial charge in [-0.1, -0.05) is 30.3 Å². The largest absolute Gasteiger partial charge is 0.461 e. The molecule has 1 aliphatic heterocycles. The fraction of sp³-hybridized carbons (Fsp3) is 0.600. The van der Waals surface area contributed by atoms with Crippen molar-refractivity contribution >= 4 is 7.12 Å². The van der Waals surface area contributed by atoms with E-state index in [1.54, 1.807) is 0 Å². The minimum Gasteiger partial charge on any atom is -0.403 e. The first-order valence-corrected chi connectivity index (χ1v) is 6.81. The predicted molar refractivity (Wildman–Crippen MR) is 73.6 cm³/mol. The third-order valence-electron chi connectivity index (χ3n) is 4.69. The average Bonchev–Trinajstić information content (AvgIpc) is 3.04. The molecule has 1 saturated heterocycles. The molecule has 18 heavy (non-hydrogen) atoms. The first-order chi connectivity index (χ1) is 8.41. The SMILES string of the molecule is CC1(C)OB([C@@H]2C[C@H]2c2ccccc2)OC1(C)C. The predicted octanol–water partition coefficient (Wildman–Crippen LogP) is 3.64. The highest BCUT2D eigenvalue weighted by molar-refractivity contribution is 6.49. The number of rotatable bonds is 2. The fourth-order valence-corrected chi connectivity index (χ4v) is 2.66. The maximum Gasteiger partial charge on any atom is 0.461 e. The van der Waals surface area contributed by atoms with Crippen LogP contribution in [0.3, 0.4) is 0 Å². The number of hydrogen-bond acceptors (Lipinski definition) is 2. The molecule has 3 rings (SSSR count). The van der Waals surface area contributed by atoms with E-state index in [0.29, 0.717) is 11.7 Å². The van der Waals surface area contributed by atoms with Crippen molar-refractivity contribution in [2.75, 3.05) is 0 Å². The Morgan fingerprint density at radius 2 is 1.56 bits per heavy atom.